The number of carboxylic acid groups (broad SMARTS) is 1. The van der Waals surface area contributed by atoms with E-state index in [2.05, 4.69) is 29.6 Å². The number of hydrogen-bond donors (Lipinski definition) is 1. The van der Waals surface area contributed by atoms with Crippen molar-refractivity contribution in [1.29, 1.82) is 0 Å². The highest BCUT2D eigenvalue weighted by molar-refractivity contribution is 5.87. The topological polar surface area (TPSA) is 100 Å². The first-order valence-corrected chi connectivity index (χ1v) is 4.79. The molecule has 0 aromatic heterocycles. The molecule has 100 valence electrons. The van der Waals surface area contributed by atoms with Crippen LogP contribution in [-0.2, 0) is 0 Å². The number of benzene rings is 1. The molecule has 0 saturated heterocycles. The molecular formula is C15H16O4. The molecule has 4 nitrogen and oxygen atoms in total. The predicted octanol–water partition coefficient (Wildman–Crippen LogP) is 0.690. The highest BCUT2D eigenvalue weighted by Crippen LogP contribution is 2.02. The highest BCUT2D eigenvalue weighted by atomic mass is 16.4. The average molecular weight is 260 g/mol. The van der Waals surface area contributed by atoms with E-state index in [0.717, 1.165) is 5.56 Å². The number of carboxylic acids is 1. The lowest BCUT2D eigenvalue weighted by Gasteiger charge is -1.93. The Hall–Kier alpha value is -2.71. The Bertz CT molecular complexity index is 545. The van der Waals surface area contributed by atoms with Crippen LogP contribution in [0.25, 0.3) is 0 Å². The van der Waals surface area contributed by atoms with Gasteiger partial charge in [-0.25, -0.2) is 4.79 Å². The van der Waals surface area contributed by atoms with Crippen LogP contribution in [0.1, 0.15) is 22.8 Å². The molecule has 0 unspecified atom stereocenters. The molecule has 0 heterocycles. The zero-order valence-corrected chi connectivity index (χ0v) is 10.7. The van der Waals surface area contributed by atoms with Crippen molar-refractivity contribution in [2.24, 2.45) is 0 Å². The molecule has 19 heavy (non-hydrogen) atoms. The number of hydrogen-bond acceptors (Lipinski definition) is 1. The van der Waals surface area contributed by atoms with Crippen molar-refractivity contribution in [3.8, 4) is 36.0 Å². The van der Waals surface area contributed by atoms with Gasteiger partial charge in [0.25, 0.3) is 0 Å². The van der Waals surface area contributed by atoms with Gasteiger partial charge >= 0.3 is 5.97 Å². The van der Waals surface area contributed by atoms with E-state index in [-0.39, 0.29) is 11.0 Å². The van der Waals surface area contributed by atoms with E-state index in [9.17, 15) is 4.79 Å². The maximum Gasteiger partial charge on any atom is 0.335 e. The zero-order valence-electron chi connectivity index (χ0n) is 10.7. The minimum absolute atomic E-state index is 0. The second-order valence-electron chi connectivity index (χ2n) is 2.94. The fourth-order valence-electron chi connectivity index (χ4n) is 0.908. The number of carbonyl (C=O) groups is 1. The fourth-order valence-corrected chi connectivity index (χ4v) is 0.908. The number of aryl methyl sites for hydroxylation is 1. The molecule has 1 rings (SSSR count). The maximum atomic E-state index is 10.4. The van der Waals surface area contributed by atoms with E-state index in [4.69, 9.17) is 11.5 Å². The van der Waals surface area contributed by atoms with Crippen LogP contribution in [0.15, 0.2) is 24.3 Å². The molecule has 0 bridgehead atoms. The van der Waals surface area contributed by atoms with E-state index in [0.29, 0.717) is 5.56 Å². The zero-order chi connectivity index (χ0) is 13.1. The van der Waals surface area contributed by atoms with Gasteiger partial charge in [-0.1, -0.05) is 23.6 Å². The van der Waals surface area contributed by atoms with Gasteiger partial charge in [-0.15, -0.1) is 6.42 Å². The van der Waals surface area contributed by atoms with Gasteiger partial charge in [0.2, 0.25) is 0 Å². The summed E-state index contributed by atoms with van der Waals surface area (Å²) in [5.41, 5.74) is 1.32. The van der Waals surface area contributed by atoms with Crippen molar-refractivity contribution in [2.45, 2.75) is 13.8 Å². The van der Waals surface area contributed by atoms with Gasteiger partial charge in [-0.3, -0.25) is 0 Å². The standard InChI is InChI=1S/C8H8O2.C7H4.2H2O/c1-6-3-2-4-7(5-6)8(9)10;1-3-5-7-6-4-2;;/h2-5H,1H3,(H,9,10);1H,2H3;2*1H2. The molecule has 0 atom stereocenters. The SMILES string of the molecule is C#CC#CC#CC.Cc1cccc(C(=O)O)c1.O.O. The lowest BCUT2D eigenvalue weighted by Crippen LogP contribution is -1.95. The summed E-state index contributed by atoms with van der Waals surface area (Å²) in [5, 5.41) is 8.51. The third-order valence-corrected chi connectivity index (χ3v) is 1.59. The molecule has 0 saturated carbocycles. The van der Waals surface area contributed by atoms with Gasteiger partial charge in [0.1, 0.15) is 0 Å². The van der Waals surface area contributed by atoms with E-state index < -0.39 is 5.97 Å². The summed E-state index contributed by atoms with van der Waals surface area (Å²) in [6.07, 6.45) is 4.78. The van der Waals surface area contributed by atoms with Crippen molar-refractivity contribution < 1.29 is 20.9 Å². The fraction of sp³-hybridized carbons (Fsp3) is 0.133. The third kappa shape index (κ3) is 11.6. The molecule has 4 heteroatoms. The first-order chi connectivity index (χ1) is 8.11. The predicted molar refractivity (Wildman–Crippen MR) is 75.4 cm³/mol. The van der Waals surface area contributed by atoms with Crippen LogP contribution in [0, 0.1) is 42.9 Å². The summed E-state index contributed by atoms with van der Waals surface area (Å²) in [6, 6.07) is 6.82. The second kappa shape index (κ2) is 13.4. The van der Waals surface area contributed by atoms with Gasteiger partial charge in [0, 0.05) is 0 Å². The van der Waals surface area contributed by atoms with E-state index >= 15 is 0 Å². The molecule has 0 aliphatic carbocycles. The highest BCUT2D eigenvalue weighted by Gasteiger charge is 1.99. The Morgan fingerprint density at radius 2 is 1.84 bits per heavy atom. The Labute approximate surface area is 113 Å². The van der Waals surface area contributed by atoms with Gasteiger partial charge in [-0.2, -0.15) is 0 Å². The van der Waals surface area contributed by atoms with E-state index in [1.54, 1.807) is 25.1 Å². The summed E-state index contributed by atoms with van der Waals surface area (Å²) in [7, 11) is 0. The molecular weight excluding hydrogens is 244 g/mol. The molecule has 0 radical (unpaired) electrons. The van der Waals surface area contributed by atoms with Gasteiger partial charge in [0.05, 0.1) is 5.56 Å². The van der Waals surface area contributed by atoms with Crippen molar-refractivity contribution in [1.82, 2.24) is 0 Å². The van der Waals surface area contributed by atoms with Crippen molar-refractivity contribution in [2.75, 3.05) is 0 Å². The van der Waals surface area contributed by atoms with Gasteiger partial charge < -0.3 is 16.1 Å². The quantitative estimate of drug-likeness (QED) is 0.751. The summed E-state index contributed by atoms with van der Waals surface area (Å²) in [5.74, 6) is 11.1. The van der Waals surface area contributed by atoms with E-state index in [1.165, 1.54) is 0 Å². The molecule has 0 amide bonds. The smallest absolute Gasteiger partial charge is 0.335 e. The molecule has 0 aliphatic heterocycles. The molecule has 1 aromatic rings. The monoisotopic (exact) mass is 260 g/mol. The molecule has 0 fully saturated rings. The Morgan fingerprint density at radius 3 is 2.21 bits per heavy atom. The van der Waals surface area contributed by atoms with E-state index in [1.807, 2.05) is 13.0 Å². The second-order valence-corrected chi connectivity index (χ2v) is 2.94. The number of terminal acetylenes is 1. The molecule has 0 aliphatic rings. The van der Waals surface area contributed by atoms with Crippen LogP contribution >= 0.6 is 0 Å². The number of aromatic carboxylic acids is 1. The molecule has 5 N–H and O–H groups in total. The summed E-state index contributed by atoms with van der Waals surface area (Å²) in [6.45, 7) is 3.58. The normalized spacial score (nSPS) is 6.16. The summed E-state index contributed by atoms with van der Waals surface area (Å²) >= 11 is 0. The Morgan fingerprint density at radius 1 is 1.21 bits per heavy atom. The first-order valence-electron chi connectivity index (χ1n) is 4.79. The Balaban J connectivity index is -0.000000258. The number of rotatable bonds is 1. The first kappa shape index (κ1) is 21.6. The van der Waals surface area contributed by atoms with Crippen LogP contribution < -0.4 is 0 Å². The van der Waals surface area contributed by atoms with Crippen LogP contribution in [0.5, 0.6) is 0 Å². The molecule has 0 spiro atoms. The van der Waals surface area contributed by atoms with Gasteiger partial charge in [0.15, 0.2) is 0 Å². The Kier molecular flexibility index (Phi) is 15.2. The average Bonchev–Trinajstić information content (AvgIpc) is 2.30. The molecule has 1 aromatic carbocycles. The van der Waals surface area contributed by atoms with Crippen molar-refractivity contribution >= 4 is 5.97 Å². The van der Waals surface area contributed by atoms with Crippen LogP contribution in [-0.4, -0.2) is 22.0 Å². The maximum absolute atomic E-state index is 10.4. The largest absolute Gasteiger partial charge is 0.478 e. The van der Waals surface area contributed by atoms with Gasteiger partial charge in [-0.05, 0) is 49.7 Å². The minimum Gasteiger partial charge on any atom is -0.478 e. The van der Waals surface area contributed by atoms with Crippen molar-refractivity contribution in [3.05, 3.63) is 35.4 Å². The van der Waals surface area contributed by atoms with Crippen LogP contribution in [0.3, 0.4) is 0 Å². The van der Waals surface area contributed by atoms with Crippen LogP contribution in [0.4, 0.5) is 0 Å². The third-order valence-electron chi connectivity index (χ3n) is 1.59. The summed E-state index contributed by atoms with van der Waals surface area (Å²) < 4.78 is 0. The lowest BCUT2D eigenvalue weighted by molar-refractivity contribution is 0.0697. The lowest BCUT2D eigenvalue weighted by atomic mass is 10.1. The minimum atomic E-state index is -0.872. The van der Waals surface area contributed by atoms with Crippen LogP contribution in [0.2, 0.25) is 0 Å². The van der Waals surface area contributed by atoms with Crippen molar-refractivity contribution in [3.63, 3.8) is 0 Å². The summed E-state index contributed by atoms with van der Waals surface area (Å²) in [4.78, 5) is 10.4.